The molecule has 1 saturated heterocycles. The molecule has 2 aromatic carbocycles. The molecule has 2 fully saturated rings. The number of Topliss-reactive ketones (excluding diaryl/α,β-unsaturated/α-hetero) is 1. The van der Waals surface area contributed by atoms with Gasteiger partial charge in [-0.25, -0.2) is 0 Å². The van der Waals surface area contributed by atoms with E-state index in [4.69, 9.17) is 14.2 Å². The van der Waals surface area contributed by atoms with Crippen molar-refractivity contribution in [2.24, 2.45) is 11.3 Å². The molecule has 2 spiro atoms. The summed E-state index contributed by atoms with van der Waals surface area (Å²) in [4.78, 5) is 15.5. The second-order valence-corrected chi connectivity index (χ2v) is 10.9. The Balaban J connectivity index is 1.42. The number of piperidine rings is 1. The number of rotatable bonds is 5. The summed E-state index contributed by atoms with van der Waals surface area (Å²) in [6.07, 6.45) is 7.13. The molecule has 4 aliphatic carbocycles. The Kier molecular flexibility index (Phi) is 4.10. The van der Waals surface area contributed by atoms with Crippen LogP contribution in [-0.4, -0.2) is 49.1 Å². The molecule has 0 N–H and O–H groups in total. The van der Waals surface area contributed by atoms with Crippen molar-refractivity contribution in [3.05, 3.63) is 71.3 Å². The Labute approximate surface area is 200 Å². The molecule has 0 radical (unpaired) electrons. The molecule has 2 aliphatic heterocycles. The number of nitrogens with zero attached hydrogens (tertiary/aromatic N) is 1. The van der Waals surface area contributed by atoms with E-state index in [1.54, 1.807) is 14.0 Å². The standard InChI is InChI=1S/C29H31NO4/c1-18(31)21-16-27-11-12-29(21,32-3)26-28(27)13-14-30(2)23(27)15-20-9-10-22(25(34-26)24(20)28)33-17-19-7-5-4-6-8-19/h4-12,21,23,26H,13-17H2,1-3H3/t21-,23-,26-,27-,28+,29-/m1/s1. The van der Waals surface area contributed by atoms with E-state index in [1.807, 2.05) is 18.2 Å². The first-order valence-corrected chi connectivity index (χ1v) is 12.4. The molecule has 6 aliphatic rings. The van der Waals surface area contributed by atoms with Crippen molar-refractivity contribution in [2.75, 3.05) is 20.7 Å². The first-order chi connectivity index (χ1) is 16.5. The number of hydrogen-bond donors (Lipinski definition) is 0. The highest BCUT2D eigenvalue weighted by molar-refractivity contribution is 5.82. The lowest BCUT2D eigenvalue weighted by atomic mass is 9.37. The minimum Gasteiger partial charge on any atom is -0.485 e. The zero-order valence-corrected chi connectivity index (χ0v) is 20.0. The average Bonchev–Trinajstić information content (AvgIpc) is 3.23. The van der Waals surface area contributed by atoms with Gasteiger partial charge in [0, 0.05) is 24.1 Å². The van der Waals surface area contributed by atoms with Crippen LogP contribution in [0.2, 0.25) is 0 Å². The Morgan fingerprint density at radius 1 is 1.18 bits per heavy atom. The van der Waals surface area contributed by atoms with Crippen LogP contribution in [0, 0.1) is 11.3 Å². The molecule has 2 aromatic rings. The van der Waals surface area contributed by atoms with E-state index in [0.29, 0.717) is 12.6 Å². The molecule has 6 atom stereocenters. The van der Waals surface area contributed by atoms with E-state index >= 15 is 0 Å². The number of ether oxygens (including phenoxy) is 3. The predicted molar refractivity (Wildman–Crippen MR) is 128 cm³/mol. The summed E-state index contributed by atoms with van der Waals surface area (Å²) in [5.41, 5.74) is 2.72. The van der Waals surface area contributed by atoms with Gasteiger partial charge in [-0.2, -0.15) is 0 Å². The monoisotopic (exact) mass is 457 g/mol. The number of methoxy groups -OCH3 is 1. The van der Waals surface area contributed by atoms with Gasteiger partial charge in [0.15, 0.2) is 11.5 Å². The zero-order valence-electron chi connectivity index (χ0n) is 20.0. The van der Waals surface area contributed by atoms with Gasteiger partial charge in [-0.15, -0.1) is 0 Å². The van der Waals surface area contributed by atoms with Gasteiger partial charge in [-0.3, -0.25) is 4.79 Å². The van der Waals surface area contributed by atoms with E-state index < -0.39 is 5.60 Å². The maximum absolute atomic E-state index is 13.0. The lowest BCUT2D eigenvalue weighted by molar-refractivity contribution is -0.212. The van der Waals surface area contributed by atoms with Crippen molar-refractivity contribution >= 4 is 5.78 Å². The van der Waals surface area contributed by atoms with Crippen molar-refractivity contribution < 1.29 is 19.0 Å². The van der Waals surface area contributed by atoms with Gasteiger partial charge in [0.2, 0.25) is 0 Å². The number of likely N-dealkylation sites (tertiary alicyclic amines) is 1. The van der Waals surface area contributed by atoms with E-state index in [2.05, 4.69) is 48.4 Å². The lowest BCUT2D eigenvalue weighted by Crippen LogP contribution is -2.79. The van der Waals surface area contributed by atoms with Gasteiger partial charge in [-0.1, -0.05) is 48.6 Å². The van der Waals surface area contributed by atoms with Crippen LogP contribution in [-0.2, 0) is 28.0 Å². The van der Waals surface area contributed by atoms with Crippen molar-refractivity contribution in [1.29, 1.82) is 0 Å². The largest absolute Gasteiger partial charge is 0.485 e. The van der Waals surface area contributed by atoms with Gasteiger partial charge in [0.05, 0.1) is 11.3 Å². The molecule has 5 nitrogen and oxygen atoms in total. The third kappa shape index (κ3) is 2.21. The fourth-order valence-electron chi connectivity index (χ4n) is 8.35. The molecule has 0 amide bonds. The quantitative estimate of drug-likeness (QED) is 0.634. The normalized spacial score (nSPS) is 38.4. The van der Waals surface area contributed by atoms with E-state index in [9.17, 15) is 4.79 Å². The van der Waals surface area contributed by atoms with Crippen LogP contribution >= 0.6 is 0 Å². The molecule has 8 rings (SSSR count). The van der Waals surface area contributed by atoms with Crippen molar-refractivity contribution in [2.45, 2.75) is 56.0 Å². The molecule has 34 heavy (non-hydrogen) atoms. The Morgan fingerprint density at radius 2 is 2.00 bits per heavy atom. The SMILES string of the molecule is CO[C@]12C=C[C@@]3(C[C@@H]1C(C)=O)[C@H]1Cc4ccc(OCc5ccccc5)c5c4[C@@]3(CCN1C)[C@H]2O5. The second kappa shape index (κ2) is 6.73. The van der Waals surface area contributed by atoms with Gasteiger partial charge < -0.3 is 19.1 Å². The molecular weight excluding hydrogens is 426 g/mol. The highest BCUT2D eigenvalue weighted by atomic mass is 16.6. The molecule has 176 valence electrons. The number of hydrogen-bond acceptors (Lipinski definition) is 5. The van der Waals surface area contributed by atoms with Crippen molar-refractivity contribution in [3.63, 3.8) is 0 Å². The van der Waals surface area contributed by atoms with Crippen molar-refractivity contribution in [1.82, 2.24) is 4.90 Å². The van der Waals surface area contributed by atoms with Crippen LogP contribution in [0.25, 0.3) is 0 Å². The zero-order chi connectivity index (χ0) is 23.3. The Bertz CT molecular complexity index is 1220. The Morgan fingerprint density at radius 3 is 2.76 bits per heavy atom. The van der Waals surface area contributed by atoms with E-state index in [-0.39, 0.29) is 28.6 Å². The summed E-state index contributed by atoms with van der Waals surface area (Å²) in [6, 6.07) is 14.9. The fraction of sp³-hybridized carbons (Fsp3) is 0.483. The summed E-state index contributed by atoms with van der Waals surface area (Å²) >= 11 is 0. The van der Waals surface area contributed by atoms with Crippen LogP contribution in [0.15, 0.2) is 54.6 Å². The second-order valence-electron chi connectivity index (χ2n) is 10.9. The maximum atomic E-state index is 13.0. The van der Waals surface area contributed by atoms with Crippen molar-refractivity contribution in [3.8, 4) is 11.5 Å². The average molecular weight is 458 g/mol. The number of ketones is 1. The van der Waals surface area contributed by atoms with Gasteiger partial charge in [0.1, 0.15) is 24.1 Å². The van der Waals surface area contributed by atoms with Crippen LogP contribution in [0.1, 0.15) is 36.5 Å². The number of fused-ring (bicyclic) bond motifs is 1. The summed E-state index contributed by atoms with van der Waals surface area (Å²) in [6.45, 7) is 3.22. The van der Waals surface area contributed by atoms with Gasteiger partial charge >= 0.3 is 0 Å². The topological polar surface area (TPSA) is 48.0 Å². The minimum absolute atomic E-state index is 0.141. The number of carbonyl (C=O) groups excluding carboxylic acids is 1. The summed E-state index contributed by atoms with van der Waals surface area (Å²) in [5.74, 6) is 1.65. The Hall–Kier alpha value is -2.63. The van der Waals surface area contributed by atoms with E-state index in [0.717, 1.165) is 42.9 Å². The smallest absolute Gasteiger partial charge is 0.166 e. The molecule has 0 unspecified atom stereocenters. The molecule has 1 saturated carbocycles. The van der Waals surface area contributed by atoms with Gasteiger partial charge in [0.25, 0.3) is 0 Å². The number of likely N-dealkylation sites (N-methyl/N-ethyl adjacent to an activating group) is 1. The van der Waals surface area contributed by atoms with Crippen LogP contribution in [0.3, 0.4) is 0 Å². The molecule has 0 aromatic heterocycles. The number of benzene rings is 2. The number of carbonyl (C=O) groups is 1. The summed E-state index contributed by atoms with van der Waals surface area (Å²) in [5, 5.41) is 0. The molecular formula is C29H31NO4. The highest BCUT2D eigenvalue weighted by Gasteiger charge is 2.79. The third-order valence-electron chi connectivity index (χ3n) is 9.79. The van der Waals surface area contributed by atoms with Gasteiger partial charge in [-0.05, 0) is 57.0 Å². The highest BCUT2D eigenvalue weighted by Crippen LogP contribution is 2.74. The minimum atomic E-state index is -0.752. The van der Waals surface area contributed by atoms with E-state index in [1.165, 1.54) is 11.1 Å². The fourth-order valence-corrected chi connectivity index (χ4v) is 8.35. The molecule has 2 heterocycles. The van der Waals surface area contributed by atoms with Crippen LogP contribution in [0.5, 0.6) is 11.5 Å². The molecule has 5 heteroatoms. The summed E-state index contributed by atoms with van der Waals surface area (Å²) in [7, 11) is 3.98. The first-order valence-electron chi connectivity index (χ1n) is 12.4. The maximum Gasteiger partial charge on any atom is 0.166 e. The van der Waals surface area contributed by atoms with Crippen LogP contribution in [0.4, 0.5) is 0 Å². The van der Waals surface area contributed by atoms with Crippen LogP contribution < -0.4 is 9.47 Å². The summed E-state index contributed by atoms with van der Waals surface area (Å²) < 4.78 is 19.6. The lowest BCUT2D eigenvalue weighted by Gasteiger charge is -2.70. The predicted octanol–water partition coefficient (Wildman–Crippen LogP) is 4.07. The molecule has 4 bridgehead atoms. The first kappa shape index (κ1) is 20.7. The third-order valence-corrected chi connectivity index (χ3v) is 9.79.